The predicted molar refractivity (Wildman–Crippen MR) is 83.8 cm³/mol. The maximum absolute atomic E-state index is 4.58. The lowest BCUT2D eigenvalue weighted by Crippen LogP contribution is -2.32. The number of rotatable bonds is 3. The van der Waals surface area contributed by atoms with E-state index in [2.05, 4.69) is 45.6 Å². The quantitative estimate of drug-likeness (QED) is 0.923. The maximum atomic E-state index is 4.58. The second kappa shape index (κ2) is 5.44. The zero-order chi connectivity index (χ0) is 14.2. The van der Waals surface area contributed by atoms with Gasteiger partial charge in [0.15, 0.2) is 16.4 Å². The third-order valence-electron chi connectivity index (χ3n) is 4.65. The first kappa shape index (κ1) is 13.3. The standard InChI is InChI=1S/C14H19BrN6/c15-14-17-11-12(18-14)20(9-21-8-16-19-13(11)21)7-6-10-4-2-1-3-5-10/h8,10H,1-7,9H2,(H,17,18). The van der Waals surface area contributed by atoms with E-state index in [1.807, 2.05) is 0 Å². The molecule has 0 bridgehead atoms. The first-order chi connectivity index (χ1) is 10.3. The fourth-order valence-electron chi connectivity index (χ4n) is 3.51. The Morgan fingerprint density at radius 2 is 2.14 bits per heavy atom. The van der Waals surface area contributed by atoms with Gasteiger partial charge in [0.1, 0.15) is 12.0 Å². The minimum absolute atomic E-state index is 0.756. The van der Waals surface area contributed by atoms with Gasteiger partial charge in [0.05, 0.1) is 6.67 Å². The van der Waals surface area contributed by atoms with E-state index in [4.69, 9.17) is 0 Å². The van der Waals surface area contributed by atoms with Gasteiger partial charge in [0.2, 0.25) is 0 Å². The molecule has 6 nitrogen and oxygen atoms in total. The Hall–Kier alpha value is -1.37. The van der Waals surface area contributed by atoms with Crippen LogP contribution in [0.5, 0.6) is 0 Å². The molecule has 1 fully saturated rings. The third-order valence-corrected chi connectivity index (χ3v) is 5.03. The van der Waals surface area contributed by atoms with Crippen molar-refractivity contribution in [1.82, 2.24) is 24.7 Å². The lowest BCUT2D eigenvalue weighted by atomic mass is 9.87. The molecule has 0 unspecified atom stereocenters. The Morgan fingerprint density at radius 1 is 1.29 bits per heavy atom. The molecule has 21 heavy (non-hydrogen) atoms. The molecule has 2 aliphatic rings. The molecule has 0 amide bonds. The van der Waals surface area contributed by atoms with E-state index in [0.29, 0.717) is 0 Å². The van der Waals surface area contributed by atoms with E-state index >= 15 is 0 Å². The average molecular weight is 351 g/mol. The van der Waals surface area contributed by atoms with E-state index in [9.17, 15) is 0 Å². The second-order valence-corrected chi connectivity index (χ2v) is 6.80. The van der Waals surface area contributed by atoms with Crippen molar-refractivity contribution in [2.24, 2.45) is 5.92 Å². The molecular formula is C14H19BrN6. The largest absolute Gasteiger partial charge is 0.336 e. The summed E-state index contributed by atoms with van der Waals surface area (Å²) in [5, 5.41) is 8.21. The van der Waals surface area contributed by atoms with Crippen molar-refractivity contribution < 1.29 is 0 Å². The molecule has 1 aliphatic carbocycles. The number of halogens is 1. The zero-order valence-electron chi connectivity index (χ0n) is 11.9. The second-order valence-electron chi connectivity index (χ2n) is 6.05. The molecule has 4 rings (SSSR count). The van der Waals surface area contributed by atoms with Crippen LogP contribution in [-0.4, -0.2) is 31.3 Å². The summed E-state index contributed by atoms with van der Waals surface area (Å²) < 4.78 is 2.83. The lowest BCUT2D eigenvalue weighted by Gasteiger charge is -2.30. The van der Waals surface area contributed by atoms with Crippen LogP contribution in [0.2, 0.25) is 0 Å². The molecule has 7 heteroatoms. The first-order valence-corrected chi connectivity index (χ1v) is 8.49. The van der Waals surface area contributed by atoms with Crippen molar-refractivity contribution in [3.8, 4) is 11.5 Å². The number of nitrogens with one attached hydrogen (secondary N) is 1. The fraction of sp³-hybridized carbons (Fsp3) is 0.643. The highest BCUT2D eigenvalue weighted by Gasteiger charge is 2.27. The average Bonchev–Trinajstić information content (AvgIpc) is 3.11. The van der Waals surface area contributed by atoms with E-state index < -0.39 is 0 Å². The van der Waals surface area contributed by atoms with Gasteiger partial charge in [-0.15, -0.1) is 10.2 Å². The summed E-state index contributed by atoms with van der Waals surface area (Å²) >= 11 is 3.44. The number of fused-ring (bicyclic) bond motifs is 3. The number of aromatic nitrogens is 5. The van der Waals surface area contributed by atoms with E-state index in [-0.39, 0.29) is 0 Å². The Kier molecular flexibility index (Phi) is 3.45. The number of imidazole rings is 1. The Balaban J connectivity index is 1.53. The van der Waals surface area contributed by atoms with Crippen LogP contribution in [0.4, 0.5) is 5.82 Å². The molecule has 0 spiro atoms. The minimum atomic E-state index is 0.756. The summed E-state index contributed by atoms with van der Waals surface area (Å²) in [5.74, 6) is 2.75. The molecule has 2 aromatic rings. The number of aromatic amines is 1. The van der Waals surface area contributed by atoms with Crippen LogP contribution in [0.3, 0.4) is 0 Å². The van der Waals surface area contributed by atoms with Crippen LogP contribution in [-0.2, 0) is 6.67 Å². The number of anilines is 1. The number of H-pyrrole nitrogens is 1. The zero-order valence-corrected chi connectivity index (χ0v) is 13.5. The molecule has 1 saturated carbocycles. The molecule has 2 aromatic heterocycles. The molecule has 1 aliphatic heterocycles. The smallest absolute Gasteiger partial charge is 0.185 e. The molecule has 3 heterocycles. The van der Waals surface area contributed by atoms with Gasteiger partial charge in [-0.05, 0) is 28.3 Å². The highest BCUT2D eigenvalue weighted by molar-refractivity contribution is 9.10. The summed E-state index contributed by atoms with van der Waals surface area (Å²) in [5.41, 5.74) is 0.967. The number of hydrogen-bond acceptors (Lipinski definition) is 4. The van der Waals surface area contributed by atoms with Crippen LogP contribution < -0.4 is 4.90 Å². The Bertz CT molecular complexity index is 627. The summed E-state index contributed by atoms with van der Waals surface area (Å²) in [4.78, 5) is 10.2. The van der Waals surface area contributed by atoms with Crippen molar-refractivity contribution in [2.45, 2.75) is 45.2 Å². The first-order valence-electron chi connectivity index (χ1n) is 7.70. The van der Waals surface area contributed by atoms with Gasteiger partial charge < -0.3 is 9.88 Å². The van der Waals surface area contributed by atoms with Gasteiger partial charge in [-0.25, -0.2) is 4.98 Å². The molecule has 0 aromatic carbocycles. The van der Waals surface area contributed by atoms with Crippen molar-refractivity contribution >= 4 is 21.7 Å². The van der Waals surface area contributed by atoms with Crippen LogP contribution >= 0.6 is 15.9 Å². The van der Waals surface area contributed by atoms with Gasteiger partial charge >= 0.3 is 0 Å². The normalized spacial score (nSPS) is 18.6. The monoisotopic (exact) mass is 350 g/mol. The molecule has 0 radical (unpaired) electrons. The predicted octanol–water partition coefficient (Wildman–Crippen LogP) is 3.18. The topological polar surface area (TPSA) is 62.6 Å². The molecule has 0 saturated heterocycles. The van der Waals surface area contributed by atoms with Crippen LogP contribution in [0.15, 0.2) is 11.1 Å². The van der Waals surface area contributed by atoms with Gasteiger partial charge in [0, 0.05) is 6.54 Å². The molecule has 1 N–H and O–H groups in total. The van der Waals surface area contributed by atoms with Gasteiger partial charge in [0.25, 0.3) is 0 Å². The van der Waals surface area contributed by atoms with Crippen LogP contribution in [0.25, 0.3) is 11.5 Å². The minimum Gasteiger partial charge on any atom is -0.336 e. The van der Waals surface area contributed by atoms with Crippen molar-refractivity contribution in [3.05, 3.63) is 11.1 Å². The summed E-state index contributed by atoms with van der Waals surface area (Å²) in [7, 11) is 0. The van der Waals surface area contributed by atoms with Crippen molar-refractivity contribution in [1.29, 1.82) is 0 Å². The van der Waals surface area contributed by atoms with E-state index in [1.54, 1.807) is 6.33 Å². The van der Waals surface area contributed by atoms with Gasteiger partial charge in [-0.2, -0.15) is 0 Å². The molecule has 112 valence electrons. The number of nitrogens with zero attached hydrogens (tertiary/aromatic N) is 5. The Morgan fingerprint density at radius 3 is 3.00 bits per heavy atom. The van der Waals surface area contributed by atoms with Crippen LogP contribution in [0, 0.1) is 5.92 Å². The van der Waals surface area contributed by atoms with Gasteiger partial charge in [-0.3, -0.25) is 4.57 Å². The van der Waals surface area contributed by atoms with Crippen LogP contribution in [0.1, 0.15) is 38.5 Å². The van der Waals surface area contributed by atoms with E-state index in [0.717, 1.165) is 41.2 Å². The maximum Gasteiger partial charge on any atom is 0.185 e. The SMILES string of the molecule is Brc1nc2c([nH]1)-c1nncn1CN2CCC1CCCCC1. The van der Waals surface area contributed by atoms with E-state index in [1.165, 1.54) is 38.5 Å². The highest BCUT2D eigenvalue weighted by atomic mass is 79.9. The lowest BCUT2D eigenvalue weighted by molar-refractivity contribution is 0.337. The molecular weight excluding hydrogens is 332 g/mol. The highest BCUT2D eigenvalue weighted by Crippen LogP contribution is 2.34. The number of hydrogen-bond donors (Lipinski definition) is 1. The van der Waals surface area contributed by atoms with Crippen molar-refractivity contribution in [2.75, 3.05) is 11.4 Å². The van der Waals surface area contributed by atoms with Crippen molar-refractivity contribution in [3.63, 3.8) is 0 Å². The summed E-state index contributed by atoms with van der Waals surface area (Å²) in [6, 6.07) is 0. The third kappa shape index (κ3) is 2.47. The summed E-state index contributed by atoms with van der Waals surface area (Å²) in [6.07, 6.45) is 10.0. The Labute approximate surface area is 132 Å². The fourth-order valence-corrected chi connectivity index (χ4v) is 3.88. The van der Waals surface area contributed by atoms with Gasteiger partial charge in [-0.1, -0.05) is 32.1 Å². The molecule has 0 atom stereocenters. The summed E-state index contributed by atoms with van der Waals surface area (Å²) in [6.45, 7) is 1.84.